The van der Waals surface area contributed by atoms with Crippen molar-refractivity contribution in [2.45, 2.75) is 38.3 Å². The van der Waals surface area contributed by atoms with E-state index in [0.717, 1.165) is 0 Å². The van der Waals surface area contributed by atoms with Crippen LogP contribution in [0.3, 0.4) is 0 Å². The van der Waals surface area contributed by atoms with Gasteiger partial charge in [-0.05, 0) is 26.8 Å². The molecule has 0 aromatic rings. The van der Waals surface area contributed by atoms with E-state index >= 15 is 0 Å². The summed E-state index contributed by atoms with van der Waals surface area (Å²) in [5.41, 5.74) is 5.32. The topological polar surface area (TPSA) is 93.8 Å². The number of aliphatic hydroxyl groups is 1. The third-order valence-corrected chi connectivity index (χ3v) is 2.30. The highest BCUT2D eigenvalue weighted by atomic mass is 16.8. The summed E-state index contributed by atoms with van der Waals surface area (Å²) >= 11 is 0. The van der Waals surface area contributed by atoms with Crippen molar-refractivity contribution in [2.24, 2.45) is 5.73 Å². The van der Waals surface area contributed by atoms with Gasteiger partial charge >= 0.3 is 0 Å². The molecule has 1 rings (SSSR count). The van der Waals surface area contributed by atoms with E-state index in [-0.39, 0.29) is 12.5 Å². The number of nitrogens with two attached hydrogens (primary N) is 1. The van der Waals surface area contributed by atoms with Crippen LogP contribution in [-0.4, -0.2) is 48.7 Å². The molecule has 0 radical (unpaired) electrons. The normalized spacial score (nSPS) is 28.0. The summed E-state index contributed by atoms with van der Waals surface area (Å²) < 4.78 is 10.8. The molecule has 6 heteroatoms. The molecular formula is C10H20N2O4. The molecule has 1 saturated heterocycles. The lowest BCUT2D eigenvalue weighted by atomic mass is 10.2. The molecule has 1 aliphatic rings. The standard InChI is InChI=1S/C10H20N2O4/c1-10(2)15-7(6-13)8(16-10)9(14)12-5-3-4-11/h7-8,13H,3-6,11H2,1-2H3,(H,12,14)/t7-,8-/m1/s1. The van der Waals surface area contributed by atoms with Crippen molar-refractivity contribution in [1.82, 2.24) is 5.32 Å². The van der Waals surface area contributed by atoms with Crippen LogP contribution in [0.15, 0.2) is 0 Å². The first kappa shape index (κ1) is 13.4. The van der Waals surface area contributed by atoms with Crippen LogP contribution in [0.2, 0.25) is 0 Å². The predicted octanol–water partition coefficient (Wildman–Crippen LogP) is -1.04. The van der Waals surface area contributed by atoms with Crippen molar-refractivity contribution in [1.29, 1.82) is 0 Å². The van der Waals surface area contributed by atoms with Crippen LogP contribution < -0.4 is 11.1 Å². The molecule has 1 aliphatic heterocycles. The maximum atomic E-state index is 11.7. The minimum absolute atomic E-state index is 0.238. The van der Waals surface area contributed by atoms with Crippen LogP contribution >= 0.6 is 0 Å². The number of amides is 1. The highest BCUT2D eigenvalue weighted by Gasteiger charge is 2.44. The summed E-state index contributed by atoms with van der Waals surface area (Å²) in [5, 5.41) is 11.8. The predicted molar refractivity (Wildman–Crippen MR) is 57.6 cm³/mol. The summed E-state index contributed by atoms with van der Waals surface area (Å²) in [6, 6.07) is 0. The van der Waals surface area contributed by atoms with Gasteiger partial charge in [0, 0.05) is 6.54 Å². The number of hydrogen-bond acceptors (Lipinski definition) is 5. The average molecular weight is 232 g/mol. The molecule has 1 fully saturated rings. The van der Waals surface area contributed by atoms with Gasteiger partial charge in [-0.25, -0.2) is 0 Å². The molecule has 0 unspecified atom stereocenters. The number of ether oxygens (including phenoxy) is 2. The second-order valence-corrected chi connectivity index (χ2v) is 4.21. The maximum absolute atomic E-state index is 11.7. The zero-order chi connectivity index (χ0) is 12.2. The van der Waals surface area contributed by atoms with Gasteiger partial charge in [-0.1, -0.05) is 0 Å². The van der Waals surface area contributed by atoms with Gasteiger partial charge < -0.3 is 25.6 Å². The molecule has 0 spiro atoms. The maximum Gasteiger partial charge on any atom is 0.252 e. The lowest BCUT2D eigenvalue weighted by Crippen LogP contribution is -2.42. The molecule has 0 aliphatic carbocycles. The molecule has 0 aromatic heterocycles. The van der Waals surface area contributed by atoms with Crippen molar-refractivity contribution < 1.29 is 19.4 Å². The number of carbonyl (C=O) groups excluding carboxylic acids is 1. The largest absolute Gasteiger partial charge is 0.394 e. The van der Waals surface area contributed by atoms with Crippen molar-refractivity contribution >= 4 is 5.91 Å². The summed E-state index contributed by atoms with van der Waals surface area (Å²) in [7, 11) is 0. The smallest absolute Gasteiger partial charge is 0.252 e. The van der Waals surface area contributed by atoms with Crippen molar-refractivity contribution in [2.75, 3.05) is 19.7 Å². The third kappa shape index (κ3) is 3.41. The first-order chi connectivity index (χ1) is 7.50. The van der Waals surface area contributed by atoms with Gasteiger partial charge in [-0.15, -0.1) is 0 Å². The SMILES string of the molecule is CC1(C)O[C@H](CO)[C@H](C(=O)NCCCN)O1. The van der Waals surface area contributed by atoms with Gasteiger partial charge in [0.05, 0.1) is 6.61 Å². The Kier molecular flexibility index (Phi) is 4.67. The van der Waals surface area contributed by atoms with Crippen LogP contribution in [0.1, 0.15) is 20.3 Å². The number of rotatable bonds is 5. The summed E-state index contributed by atoms with van der Waals surface area (Å²) in [5.74, 6) is -1.10. The molecule has 94 valence electrons. The van der Waals surface area contributed by atoms with Gasteiger partial charge in [-0.2, -0.15) is 0 Å². The van der Waals surface area contributed by atoms with Crippen molar-refractivity contribution in [3.63, 3.8) is 0 Å². The first-order valence-electron chi connectivity index (χ1n) is 5.44. The Labute approximate surface area is 95.1 Å². The molecule has 6 nitrogen and oxygen atoms in total. The van der Waals surface area contributed by atoms with Crippen molar-refractivity contribution in [3.05, 3.63) is 0 Å². The number of carbonyl (C=O) groups is 1. The molecule has 16 heavy (non-hydrogen) atoms. The molecule has 1 heterocycles. The minimum Gasteiger partial charge on any atom is -0.394 e. The lowest BCUT2D eigenvalue weighted by Gasteiger charge is -2.16. The van der Waals surface area contributed by atoms with E-state index in [9.17, 15) is 4.79 Å². The van der Waals surface area contributed by atoms with E-state index < -0.39 is 18.0 Å². The Hall–Kier alpha value is -0.690. The first-order valence-corrected chi connectivity index (χ1v) is 5.44. The highest BCUT2D eigenvalue weighted by Crippen LogP contribution is 2.27. The molecule has 0 aromatic carbocycles. The van der Waals surface area contributed by atoms with Crippen LogP contribution in [0.25, 0.3) is 0 Å². The second-order valence-electron chi connectivity index (χ2n) is 4.21. The fourth-order valence-electron chi connectivity index (χ4n) is 1.61. The van der Waals surface area contributed by atoms with E-state index in [1.807, 2.05) is 0 Å². The summed E-state index contributed by atoms with van der Waals surface area (Å²) in [6.45, 7) is 4.22. The van der Waals surface area contributed by atoms with Gasteiger partial charge in [0.15, 0.2) is 11.9 Å². The molecule has 4 N–H and O–H groups in total. The summed E-state index contributed by atoms with van der Waals surface area (Å²) in [4.78, 5) is 11.7. The molecule has 0 bridgehead atoms. The Morgan fingerprint density at radius 2 is 2.19 bits per heavy atom. The Balaban J connectivity index is 2.48. The fourth-order valence-corrected chi connectivity index (χ4v) is 1.61. The Morgan fingerprint density at radius 3 is 2.75 bits per heavy atom. The van der Waals surface area contributed by atoms with Gasteiger partial charge in [0.1, 0.15) is 6.10 Å². The molecule has 0 saturated carbocycles. The third-order valence-electron chi connectivity index (χ3n) is 2.30. The van der Waals surface area contributed by atoms with Gasteiger partial charge in [0.2, 0.25) is 0 Å². The quantitative estimate of drug-likeness (QED) is 0.527. The molecule has 1 amide bonds. The van der Waals surface area contributed by atoms with Gasteiger partial charge in [0.25, 0.3) is 5.91 Å². The Morgan fingerprint density at radius 1 is 1.50 bits per heavy atom. The van der Waals surface area contributed by atoms with E-state index in [4.69, 9.17) is 20.3 Å². The molecule has 2 atom stereocenters. The fraction of sp³-hybridized carbons (Fsp3) is 0.900. The second kappa shape index (κ2) is 5.58. The zero-order valence-electron chi connectivity index (χ0n) is 9.73. The lowest BCUT2D eigenvalue weighted by molar-refractivity contribution is -0.157. The number of nitrogens with one attached hydrogen (secondary N) is 1. The van der Waals surface area contributed by atoms with Crippen LogP contribution in [-0.2, 0) is 14.3 Å². The minimum atomic E-state index is -0.830. The highest BCUT2D eigenvalue weighted by molar-refractivity contribution is 5.81. The van der Waals surface area contributed by atoms with E-state index in [2.05, 4.69) is 5.32 Å². The number of hydrogen-bond donors (Lipinski definition) is 3. The van der Waals surface area contributed by atoms with Gasteiger partial charge in [-0.3, -0.25) is 4.79 Å². The van der Waals surface area contributed by atoms with Crippen molar-refractivity contribution in [3.8, 4) is 0 Å². The van der Waals surface area contributed by atoms with E-state index in [1.54, 1.807) is 13.8 Å². The average Bonchev–Trinajstić information content (AvgIpc) is 2.54. The monoisotopic (exact) mass is 232 g/mol. The zero-order valence-corrected chi connectivity index (χ0v) is 9.73. The van der Waals surface area contributed by atoms with Crippen LogP contribution in [0.5, 0.6) is 0 Å². The van der Waals surface area contributed by atoms with Crippen LogP contribution in [0.4, 0.5) is 0 Å². The van der Waals surface area contributed by atoms with E-state index in [1.165, 1.54) is 0 Å². The van der Waals surface area contributed by atoms with E-state index in [0.29, 0.717) is 19.5 Å². The Bertz CT molecular complexity index is 245. The van der Waals surface area contributed by atoms with Crippen LogP contribution in [0, 0.1) is 0 Å². The summed E-state index contributed by atoms with van der Waals surface area (Å²) in [6.07, 6.45) is -0.641. The molecular weight excluding hydrogens is 212 g/mol. The number of aliphatic hydroxyl groups excluding tert-OH is 1.